The lowest BCUT2D eigenvalue weighted by atomic mass is 9.92. The maximum absolute atomic E-state index is 12.8. The number of nitrogens with one attached hydrogen (secondary N) is 1. The molecule has 1 saturated heterocycles. The van der Waals surface area contributed by atoms with Gasteiger partial charge in [-0.15, -0.1) is 0 Å². The number of H-pyrrole nitrogens is 1. The minimum atomic E-state index is 0.201. The second-order valence-electron chi connectivity index (χ2n) is 8.03. The minimum absolute atomic E-state index is 0.201. The lowest BCUT2D eigenvalue weighted by Crippen LogP contribution is -2.43. The summed E-state index contributed by atoms with van der Waals surface area (Å²) in [5.41, 5.74) is 4.08. The Morgan fingerprint density at radius 2 is 1.59 bits per heavy atom. The van der Waals surface area contributed by atoms with E-state index in [2.05, 4.69) is 43.1 Å². The quantitative estimate of drug-likeness (QED) is 0.583. The number of benzene rings is 2. The number of carbonyl (C=O) groups is 1. The average molecular weight is 406 g/mol. The highest BCUT2D eigenvalue weighted by Crippen LogP contribution is 2.32. The van der Waals surface area contributed by atoms with Crippen LogP contribution in [0.3, 0.4) is 0 Å². The zero-order valence-corrected chi connectivity index (χ0v) is 17.8. The largest absolute Gasteiger partial charge is 0.341 e. The molecular formula is C24H27N3OS. The van der Waals surface area contributed by atoms with Gasteiger partial charge in [0.25, 0.3) is 0 Å². The summed E-state index contributed by atoms with van der Waals surface area (Å²) >= 11 is 1.49. The number of piperidine rings is 1. The van der Waals surface area contributed by atoms with E-state index in [0.29, 0.717) is 17.6 Å². The Morgan fingerprint density at radius 3 is 2.21 bits per heavy atom. The molecule has 0 bridgehead atoms. The maximum Gasteiger partial charge on any atom is 0.233 e. The molecule has 1 fully saturated rings. The van der Waals surface area contributed by atoms with Crippen LogP contribution in [0, 0.1) is 11.8 Å². The van der Waals surface area contributed by atoms with Gasteiger partial charge in [0.05, 0.1) is 17.1 Å². The number of amides is 1. The maximum atomic E-state index is 12.8. The van der Waals surface area contributed by atoms with Crippen LogP contribution in [0.15, 0.2) is 65.8 Å². The Hall–Kier alpha value is -2.53. The molecule has 0 unspecified atom stereocenters. The highest BCUT2D eigenvalue weighted by Gasteiger charge is 2.25. The normalized spacial score (nSPS) is 19.3. The highest BCUT2D eigenvalue weighted by atomic mass is 32.2. The van der Waals surface area contributed by atoms with Crippen molar-refractivity contribution in [1.82, 2.24) is 14.9 Å². The van der Waals surface area contributed by atoms with Crippen LogP contribution in [-0.4, -0.2) is 39.6 Å². The summed E-state index contributed by atoms with van der Waals surface area (Å²) in [6.45, 7) is 6.20. The second kappa shape index (κ2) is 8.87. The molecule has 1 aromatic heterocycles. The van der Waals surface area contributed by atoms with Gasteiger partial charge >= 0.3 is 0 Å². The summed E-state index contributed by atoms with van der Waals surface area (Å²) in [6.07, 6.45) is 1.20. The van der Waals surface area contributed by atoms with Crippen LogP contribution in [0.1, 0.15) is 20.3 Å². The average Bonchev–Trinajstić information content (AvgIpc) is 3.17. The van der Waals surface area contributed by atoms with Crippen LogP contribution in [-0.2, 0) is 4.79 Å². The van der Waals surface area contributed by atoms with Crippen molar-refractivity contribution < 1.29 is 4.79 Å². The van der Waals surface area contributed by atoms with E-state index < -0.39 is 0 Å². The van der Waals surface area contributed by atoms with Crippen molar-refractivity contribution in [3.63, 3.8) is 0 Å². The molecule has 4 rings (SSSR count). The summed E-state index contributed by atoms with van der Waals surface area (Å²) < 4.78 is 0. The zero-order chi connectivity index (χ0) is 20.2. The van der Waals surface area contributed by atoms with Crippen LogP contribution in [0.5, 0.6) is 0 Å². The first kappa shape index (κ1) is 19.8. The molecule has 0 spiro atoms. The summed E-state index contributed by atoms with van der Waals surface area (Å²) in [5, 5.41) is 0.786. The van der Waals surface area contributed by atoms with Gasteiger partial charge in [-0.2, -0.15) is 0 Å². The fourth-order valence-corrected chi connectivity index (χ4v) is 4.90. The standard InChI is InChI=1S/C24H27N3OS/c1-17-13-18(2)15-27(14-17)21(28)16-29-24-25-22(19-9-5-3-6-10-19)23(26-24)20-11-7-4-8-12-20/h3-12,17-18H,13-16H2,1-2H3,(H,25,26)/t17-,18-/m0/s1. The van der Waals surface area contributed by atoms with E-state index >= 15 is 0 Å². The van der Waals surface area contributed by atoms with Gasteiger partial charge in [0.15, 0.2) is 5.16 Å². The van der Waals surface area contributed by atoms with E-state index in [1.165, 1.54) is 18.2 Å². The third-order valence-electron chi connectivity index (χ3n) is 5.35. The van der Waals surface area contributed by atoms with Crippen LogP contribution in [0.4, 0.5) is 0 Å². The molecule has 0 radical (unpaired) electrons. The predicted molar refractivity (Wildman–Crippen MR) is 120 cm³/mol. The van der Waals surface area contributed by atoms with Gasteiger partial charge in [0, 0.05) is 24.2 Å². The molecule has 1 aliphatic rings. The number of aromatic amines is 1. The number of carbonyl (C=O) groups excluding carboxylic acids is 1. The molecule has 29 heavy (non-hydrogen) atoms. The Bertz CT molecular complexity index is 888. The number of hydrogen-bond acceptors (Lipinski definition) is 3. The van der Waals surface area contributed by atoms with E-state index in [4.69, 9.17) is 4.98 Å². The number of likely N-dealkylation sites (tertiary alicyclic amines) is 1. The monoisotopic (exact) mass is 405 g/mol. The molecular weight excluding hydrogens is 378 g/mol. The SMILES string of the molecule is C[C@H]1C[C@H](C)CN(C(=O)CSc2nc(-c3ccccc3)c(-c3ccccc3)[nH]2)C1. The Kier molecular flexibility index (Phi) is 6.05. The molecule has 150 valence electrons. The first-order valence-corrected chi connectivity index (χ1v) is 11.2. The minimum Gasteiger partial charge on any atom is -0.341 e. The number of nitrogens with zero attached hydrogens (tertiary/aromatic N) is 2. The number of hydrogen-bond donors (Lipinski definition) is 1. The van der Waals surface area contributed by atoms with E-state index in [-0.39, 0.29) is 5.91 Å². The van der Waals surface area contributed by atoms with Gasteiger partial charge in [-0.25, -0.2) is 4.98 Å². The lowest BCUT2D eigenvalue weighted by Gasteiger charge is -2.34. The molecule has 3 aromatic rings. The van der Waals surface area contributed by atoms with Crippen LogP contribution in [0.2, 0.25) is 0 Å². The third-order valence-corrected chi connectivity index (χ3v) is 6.20. The van der Waals surface area contributed by atoms with E-state index in [1.807, 2.05) is 41.3 Å². The molecule has 1 N–H and O–H groups in total. The third kappa shape index (κ3) is 4.73. The van der Waals surface area contributed by atoms with Crippen molar-refractivity contribution in [2.45, 2.75) is 25.4 Å². The van der Waals surface area contributed by atoms with Gasteiger partial charge in [0.2, 0.25) is 5.91 Å². The topological polar surface area (TPSA) is 49.0 Å². The number of imidazole rings is 1. The van der Waals surface area contributed by atoms with Crippen molar-refractivity contribution >= 4 is 17.7 Å². The lowest BCUT2D eigenvalue weighted by molar-refractivity contribution is -0.130. The molecule has 4 nitrogen and oxygen atoms in total. The van der Waals surface area contributed by atoms with Gasteiger partial charge in [-0.05, 0) is 18.3 Å². The van der Waals surface area contributed by atoms with E-state index in [1.54, 1.807) is 0 Å². The molecule has 2 heterocycles. The highest BCUT2D eigenvalue weighted by molar-refractivity contribution is 7.99. The van der Waals surface area contributed by atoms with Crippen molar-refractivity contribution in [2.75, 3.05) is 18.8 Å². The van der Waals surface area contributed by atoms with E-state index in [0.717, 1.165) is 40.8 Å². The van der Waals surface area contributed by atoms with Gasteiger partial charge < -0.3 is 9.88 Å². The molecule has 5 heteroatoms. The van der Waals surface area contributed by atoms with Crippen LogP contribution >= 0.6 is 11.8 Å². The molecule has 2 aromatic carbocycles. The Labute approximate surface area is 176 Å². The first-order valence-electron chi connectivity index (χ1n) is 10.2. The number of rotatable bonds is 5. The fourth-order valence-electron chi connectivity index (χ4n) is 4.13. The summed E-state index contributed by atoms with van der Waals surface area (Å²) in [6, 6.07) is 20.4. The predicted octanol–water partition coefficient (Wildman–Crippen LogP) is 5.34. The second-order valence-corrected chi connectivity index (χ2v) is 9.00. The smallest absolute Gasteiger partial charge is 0.233 e. The van der Waals surface area contributed by atoms with Crippen molar-refractivity contribution in [3.8, 4) is 22.5 Å². The molecule has 0 aliphatic carbocycles. The van der Waals surface area contributed by atoms with Crippen LogP contribution in [0.25, 0.3) is 22.5 Å². The Balaban J connectivity index is 1.54. The number of aromatic nitrogens is 2. The summed E-state index contributed by atoms with van der Waals surface area (Å²) in [5.74, 6) is 1.76. The molecule has 0 saturated carbocycles. The van der Waals surface area contributed by atoms with Crippen molar-refractivity contribution in [3.05, 3.63) is 60.7 Å². The van der Waals surface area contributed by atoms with Crippen molar-refractivity contribution in [1.29, 1.82) is 0 Å². The van der Waals surface area contributed by atoms with Crippen LogP contribution < -0.4 is 0 Å². The van der Waals surface area contributed by atoms with Gasteiger partial charge in [-0.1, -0.05) is 86.3 Å². The fraction of sp³-hybridized carbons (Fsp3) is 0.333. The van der Waals surface area contributed by atoms with Gasteiger partial charge in [-0.3, -0.25) is 4.79 Å². The molecule has 2 atom stereocenters. The molecule has 1 aliphatic heterocycles. The summed E-state index contributed by atoms with van der Waals surface area (Å²) in [7, 11) is 0. The Morgan fingerprint density at radius 1 is 1.00 bits per heavy atom. The summed E-state index contributed by atoms with van der Waals surface area (Å²) in [4.78, 5) is 23.1. The van der Waals surface area contributed by atoms with E-state index in [9.17, 15) is 4.79 Å². The first-order chi connectivity index (χ1) is 14.1. The van der Waals surface area contributed by atoms with Gasteiger partial charge in [0.1, 0.15) is 0 Å². The number of thioether (sulfide) groups is 1. The van der Waals surface area contributed by atoms with Crippen molar-refractivity contribution in [2.24, 2.45) is 11.8 Å². The zero-order valence-electron chi connectivity index (χ0n) is 17.0. The molecule has 1 amide bonds.